The smallest absolute Gasteiger partial charge is 0.271 e. The molecule has 0 spiro atoms. The highest BCUT2D eigenvalue weighted by Gasteiger charge is 2.07. The molecule has 13 heavy (non-hydrogen) atoms. The van der Waals surface area contributed by atoms with Crippen molar-refractivity contribution in [3.8, 4) is 0 Å². The van der Waals surface area contributed by atoms with E-state index in [9.17, 15) is 4.79 Å². The minimum atomic E-state index is -0.0939. The fourth-order valence-electron chi connectivity index (χ4n) is 0.901. The van der Waals surface area contributed by atoms with Crippen molar-refractivity contribution in [3.05, 3.63) is 29.6 Å². The van der Waals surface area contributed by atoms with Gasteiger partial charge in [-0.2, -0.15) is 0 Å². The molecule has 1 aromatic rings. The molecule has 0 fully saturated rings. The van der Waals surface area contributed by atoms with E-state index < -0.39 is 0 Å². The molecule has 0 aliphatic carbocycles. The maximum Gasteiger partial charge on any atom is 0.271 e. The Morgan fingerprint density at radius 3 is 2.62 bits per heavy atom. The topological polar surface area (TPSA) is 59.2 Å². The molecule has 0 aromatic carbocycles. The number of rotatable bonds is 2. The number of amides is 1. The molecule has 1 aromatic heterocycles. The summed E-state index contributed by atoms with van der Waals surface area (Å²) < 4.78 is 0. The number of hydrogen-bond donors (Lipinski definition) is 1. The zero-order valence-corrected chi connectivity index (χ0v) is 7.82. The van der Waals surface area contributed by atoms with Gasteiger partial charge in [0.2, 0.25) is 0 Å². The largest absolute Gasteiger partial charge is 0.343 e. The number of carbonyl (C=O) groups excluding carboxylic acids is 1. The van der Waals surface area contributed by atoms with Crippen molar-refractivity contribution in [2.75, 3.05) is 14.1 Å². The quantitative estimate of drug-likeness (QED) is 0.707. The van der Waals surface area contributed by atoms with Gasteiger partial charge in [-0.3, -0.25) is 9.78 Å². The second-order valence-corrected chi connectivity index (χ2v) is 2.96. The van der Waals surface area contributed by atoms with Crippen LogP contribution >= 0.6 is 0 Å². The van der Waals surface area contributed by atoms with Gasteiger partial charge in [0.15, 0.2) is 0 Å². The first-order valence-corrected chi connectivity index (χ1v) is 4.02. The Morgan fingerprint density at radius 1 is 1.54 bits per heavy atom. The molecular formula is C9H13N3O. The molecule has 0 bridgehead atoms. The maximum absolute atomic E-state index is 11.4. The van der Waals surface area contributed by atoms with Gasteiger partial charge in [0.05, 0.1) is 0 Å². The van der Waals surface area contributed by atoms with E-state index in [4.69, 9.17) is 5.73 Å². The van der Waals surface area contributed by atoms with Gasteiger partial charge < -0.3 is 10.6 Å². The minimum Gasteiger partial charge on any atom is -0.343 e. The summed E-state index contributed by atoms with van der Waals surface area (Å²) in [5.74, 6) is -0.0939. The van der Waals surface area contributed by atoms with Gasteiger partial charge >= 0.3 is 0 Å². The van der Waals surface area contributed by atoms with E-state index in [-0.39, 0.29) is 5.91 Å². The summed E-state index contributed by atoms with van der Waals surface area (Å²) in [6, 6.07) is 3.49. The summed E-state index contributed by atoms with van der Waals surface area (Å²) in [7, 11) is 3.39. The predicted molar refractivity (Wildman–Crippen MR) is 50.1 cm³/mol. The van der Waals surface area contributed by atoms with E-state index in [1.807, 2.05) is 6.07 Å². The van der Waals surface area contributed by atoms with Crippen LogP contribution in [-0.4, -0.2) is 29.9 Å². The van der Waals surface area contributed by atoms with Crippen LogP contribution in [0, 0.1) is 0 Å². The maximum atomic E-state index is 11.4. The molecule has 0 saturated heterocycles. The van der Waals surface area contributed by atoms with E-state index in [1.165, 1.54) is 4.90 Å². The summed E-state index contributed by atoms with van der Waals surface area (Å²) in [5, 5.41) is 0. The average molecular weight is 179 g/mol. The highest BCUT2D eigenvalue weighted by atomic mass is 16.2. The third kappa shape index (κ3) is 2.26. The van der Waals surface area contributed by atoms with Crippen LogP contribution in [0.15, 0.2) is 18.3 Å². The molecule has 0 radical (unpaired) electrons. The lowest BCUT2D eigenvalue weighted by Crippen LogP contribution is -2.22. The van der Waals surface area contributed by atoms with E-state index in [0.29, 0.717) is 12.2 Å². The fraction of sp³-hybridized carbons (Fsp3) is 0.333. The van der Waals surface area contributed by atoms with Crippen molar-refractivity contribution in [2.45, 2.75) is 6.54 Å². The number of carbonyl (C=O) groups is 1. The summed E-state index contributed by atoms with van der Waals surface area (Å²) in [5.41, 5.74) is 6.77. The SMILES string of the molecule is CN(C)C(=O)c1ccc(CN)cn1. The van der Waals surface area contributed by atoms with Gasteiger partial charge in [-0.25, -0.2) is 0 Å². The Balaban J connectivity index is 2.86. The molecule has 4 nitrogen and oxygen atoms in total. The Hall–Kier alpha value is -1.42. The first-order valence-electron chi connectivity index (χ1n) is 4.02. The first kappa shape index (κ1) is 9.67. The van der Waals surface area contributed by atoms with Crippen LogP contribution in [0.5, 0.6) is 0 Å². The van der Waals surface area contributed by atoms with Crippen molar-refractivity contribution in [2.24, 2.45) is 5.73 Å². The third-order valence-electron chi connectivity index (χ3n) is 1.69. The van der Waals surface area contributed by atoms with Crippen LogP contribution in [0.1, 0.15) is 16.1 Å². The number of nitrogens with zero attached hydrogens (tertiary/aromatic N) is 2. The van der Waals surface area contributed by atoms with Crippen molar-refractivity contribution in [3.63, 3.8) is 0 Å². The summed E-state index contributed by atoms with van der Waals surface area (Å²) in [4.78, 5) is 16.9. The summed E-state index contributed by atoms with van der Waals surface area (Å²) >= 11 is 0. The second-order valence-electron chi connectivity index (χ2n) is 2.96. The molecule has 1 amide bonds. The normalized spacial score (nSPS) is 9.77. The molecule has 0 unspecified atom stereocenters. The monoisotopic (exact) mass is 179 g/mol. The molecule has 2 N–H and O–H groups in total. The molecule has 0 aliphatic rings. The third-order valence-corrected chi connectivity index (χ3v) is 1.69. The van der Waals surface area contributed by atoms with Crippen molar-refractivity contribution < 1.29 is 4.79 Å². The Kier molecular flexibility index (Phi) is 2.97. The number of aromatic nitrogens is 1. The van der Waals surface area contributed by atoms with E-state index in [2.05, 4.69) is 4.98 Å². The molecule has 0 atom stereocenters. The molecule has 70 valence electrons. The molecule has 0 aliphatic heterocycles. The van der Waals surface area contributed by atoms with Gasteiger partial charge in [0.1, 0.15) is 5.69 Å². The second kappa shape index (κ2) is 4.00. The standard InChI is InChI=1S/C9H13N3O/c1-12(2)9(13)8-4-3-7(5-10)6-11-8/h3-4,6H,5,10H2,1-2H3. The summed E-state index contributed by atoms with van der Waals surface area (Å²) in [6.07, 6.45) is 1.62. The summed E-state index contributed by atoms with van der Waals surface area (Å²) in [6.45, 7) is 0.448. The lowest BCUT2D eigenvalue weighted by molar-refractivity contribution is 0.0822. The van der Waals surface area contributed by atoms with Gasteiger partial charge in [-0.1, -0.05) is 6.07 Å². The van der Waals surface area contributed by atoms with E-state index >= 15 is 0 Å². The molecule has 0 saturated carbocycles. The molecule has 1 rings (SSSR count). The first-order chi connectivity index (χ1) is 6.15. The lowest BCUT2D eigenvalue weighted by atomic mass is 10.2. The van der Waals surface area contributed by atoms with Crippen molar-refractivity contribution in [1.82, 2.24) is 9.88 Å². The van der Waals surface area contributed by atoms with Crippen LogP contribution in [0.2, 0.25) is 0 Å². The van der Waals surface area contributed by atoms with Gasteiger partial charge in [0.25, 0.3) is 5.91 Å². The predicted octanol–water partition coefficient (Wildman–Crippen LogP) is 0.242. The van der Waals surface area contributed by atoms with Crippen molar-refractivity contribution in [1.29, 1.82) is 0 Å². The number of hydrogen-bond acceptors (Lipinski definition) is 3. The molecule has 4 heteroatoms. The van der Waals surface area contributed by atoms with E-state index in [0.717, 1.165) is 5.56 Å². The molecular weight excluding hydrogens is 166 g/mol. The highest BCUT2D eigenvalue weighted by molar-refractivity contribution is 5.91. The zero-order valence-electron chi connectivity index (χ0n) is 7.82. The van der Waals surface area contributed by atoms with Crippen molar-refractivity contribution >= 4 is 5.91 Å². The van der Waals surface area contributed by atoms with Crippen LogP contribution in [-0.2, 0) is 6.54 Å². The van der Waals surface area contributed by atoms with Crippen LogP contribution in [0.25, 0.3) is 0 Å². The lowest BCUT2D eigenvalue weighted by Gasteiger charge is -2.09. The zero-order chi connectivity index (χ0) is 9.84. The van der Waals surface area contributed by atoms with Gasteiger partial charge in [-0.15, -0.1) is 0 Å². The Morgan fingerprint density at radius 2 is 2.23 bits per heavy atom. The van der Waals surface area contributed by atoms with Gasteiger partial charge in [0, 0.05) is 26.8 Å². The average Bonchev–Trinajstić information content (AvgIpc) is 2.17. The Labute approximate surface area is 77.4 Å². The Bertz CT molecular complexity index is 292. The minimum absolute atomic E-state index is 0.0939. The fourth-order valence-corrected chi connectivity index (χ4v) is 0.901. The van der Waals surface area contributed by atoms with Crippen LogP contribution in [0.4, 0.5) is 0 Å². The van der Waals surface area contributed by atoms with E-state index in [1.54, 1.807) is 26.4 Å². The van der Waals surface area contributed by atoms with Crippen LogP contribution in [0.3, 0.4) is 0 Å². The highest BCUT2D eigenvalue weighted by Crippen LogP contribution is 2.01. The molecule has 1 heterocycles. The number of nitrogens with two attached hydrogens (primary N) is 1. The van der Waals surface area contributed by atoms with Gasteiger partial charge in [-0.05, 0) is 11.6 Å². The van der Waals surface area contributed by atoms with Crippen LogP contribution < -0.4 is 5.73 Å². The number of pyridine rings is 1.